The van der Waals surface area contributed by atoms with Gasteiger partial charge in [-0.1, -0.05) is 45.0 Å². The highest BCUT2D eigenvalue weighted by Gasteiger charge is 2.36. The number of aryl methyl sites for hydroxylation is 1. The molecule has 0 fully saturated rings. The van der Waals surface area contributed by atoms with Crippen molar-refractivity contribution >= 4 is 11.3 Å². The van der Waals surface area contributed by atoms with E-state index in [1.165, 1.54) is 29.0 Å². The highest BCUT2D eigenvalue weighted by atomic mass is 32.1. The zero-order valence-corrected chi connectivity index (χ0v) is 13.9. The molecule has 3 rings (SSSR count). The summed E-state index contributed by atoms with van der Waals surface area (Å²) in [4.78, 5) is 4.51. The number of hydrogen-bond donors (Lipinski definition) is 1. The second-order valence-corrected chi connectivity index (χ2v) is 7.54. The maximum absolute atomic E-state index is 4.51. The van der Waals surface area contributed by atoms with Gasteiger partial charge in [-0.25, -0.2) is 4.98 Å². The summed E-state index contributed by atoms with van der Waals surface area (Å²) in [5, 5.41) is 7.18. The molecule has 1 aliphatic rings. The molecule has 0 radical (unpaired) electrons. The Morgan fingerprint density at radius 3 is 2.90 bits per heavy atom. The lowest BCUT2D eigenvalue weighted by molar-refractivity contribution is 0.192. The minimum atomic E-state index is 0.277. The maximum Gasteiger partial charge on any atom is 0.109 e. The van der Waals surface area contributed by atoms with E-state index in [0.29, 0.717) is 12.1 Å². The summed E-state index contributed by atoms with van der Waals surface area (Å²) in [6.07, 6.45) is 5.40. The molecule has 0 spiro atoms. The average Bonchev–Trinajstić information content (AvgIpc) is 3.00. The Hall–Kier alpha value is -1.19. The van der Waals surface area contributed by atoms with E-state index < -0.39 is 0 Å². The van der Waals surface area contributed by atoms with Crippen LogP contribution in [0, 0.1) is 5.41 Å². The van der Waals surface area contributed by atoms with Gasteiger partial charge in [0.05, 0.1) is 6.04 Å². The van der Waals surface area contributed by atoms with Crippen molar-refractivity contribution in [2.24, 2.45) is 5.41 Å². The second-order valence-electron chi connectivity index (χ2n) is 6.62. The van der Waals surface area contributed by atoms with E-state index in [4.69, 9.17) is 0 Å². The topological polar surface area (TPSA) is 24.9 Å². The largest absolute Gasteiger partial charge is 0.300 e. The third kappa shape index (κ3) is 2.90. The quantitative estimate of drug-likeness (QED) is 0.869. The summed E-state index contributed by atoms with van der Waals surface area (Å²) in [5.41, 5.74) is 3.26. The summed E-state index contributed by atoms with van der Waals surface area (Å²) in [6.45, 7) is 7.01. The van der Waals surface area contributed by atoms with Crippen molar-refractivity contribution in [3.8, 4) is 0 Å². The average molecular weight is 300 g/mol. The van der Waals surface area contributed by atoms with Crippen LogP contribution in [-0.2, 0) is 6.42 Å². The van der Waals surface area contributed by atoms with Gasteiger partial charge in [0, 0.05) is 17.6 Å². The normalized spacial score (nSPS) is 21.8. The Balaban J connectivity index is 1.92. The molecule has 1 heterocycles. The van der Waals surface area contributed by atoms with Crippen LogP contribution in [-0.4, -0.2) is 4.98 Å². The van der Waals surface area contributed by atoms with E-state index in [9.17, 15) is 0 Å². The molecule has 1 N–H and O–H groups in total. The van der Waals surface area contributed by atoms with Gasteiger partial charge in [-0.05, 0) is 35.8 Å². The molecule has 2 aromatic rings. The van der Waals surface area contributed by atoms with Gasteiger partial charge in [-0.2, -0.15) is 0 Å². The van der Waals surface area contributed by atoms with Gasteiger partial charge in [0.1, 0.15) is 5.01 Å². The molecule has 2 unspecified atom stereocenters. The van der Waals surface area contributed by atoms with Crippen LogP contribution in [0.5, 0.6) is 0 Å². The molecule has 2 nitrogen and oxygen atoms in total. The number of fused-ring (bicyclic) bond motifs is 1. The Bertz CT molecular complexity index is 589. The van der Waals surface area contributed by atoms with Crippen molar-refractivity contribution in [2.45, 2.75) is 52.1 Å². The smallest absolute Gasteiger partial charge is 0.109 e. The van der Waals surface area contributed by atoms with Crippen LogP contribution in [0.1, 0.15) is 61.8 Å². The van der Waals surface area contributed by atoms with Gasteiger partial charge in [-0.3, -0.25) is 0 Å². The van der Waals surface area contributed by atoms with Crippen molar-refractivity contribution in [3.63, 3.8) is 0 Å². The zero-order valence-electron chi connectivity index (χ0n) is 13.1. The first-order valence-corrected chi connectivity index (χ1v) is 8.73. The van der Waals surface area contributed by atoms with Gasteiger partial charge in [-0.15, -0.1) is 11.3 Å². The molecule has 3 heteroatoms. The molecule has 0 saturated carbocycles. The van der Waals surface area contributed by atoms with Gasteiger partial charge in [0.2, 0.25) is 0 Å². The van der Waals surface area contributed by atoms with Crippen LogP contribution in [0.4, 0.5) is 0 Å². The van der Waals surface area contributed by atoms with E-state index in [1.807, 2.05) is 6.20 Å². The molecule has 112 valence electrons. The van der Waals surface area contributed by atoms with Crippen molar-refractivity contribution in [3.05, 3.63) is 52.0 Å². The fourth-order valence-electron chi connectivity index (χ4n) is 3.35. The Morgan fingerprint density at radius 1 is 1.38 bits per heavy atom. The summed E-state index contributed by atoms with van der Waals surface area (Å²) in [5.74, 6) is 0. The first-order chi connectivity index (χ1) is 10.1. The van der Waals surface area contributed by atoms with E-state index in [2.05, 4.69) is 60.7 Å². The number of aromatic nitrogens is 1. The Morgan fingerprint density at radius 2 is 2.19 bits per heavy atom. The van der Waals surface area contributed by atoms with Crippen molar-refractivity contribution in [1.82, 2.24) is 10.3 Å². The lowest BCUT2D eigenvalue weighted by atomic mass is 9.70. The van der Waals surface area contributed by atoms with E-state index >= 15 is 0 Å². The first-order valence-electron chi connectivity index (χ1n) is 7.85. The fourth-order valence-corrected chi connectivity index (χ4v) is 4.13. The van der Waals surface area contributed by atoms with Crippen LogP contribution in [0.3, 0.4) is 0 Å². The lowest BCUT2D eigenvalue weighted by Gasteiger charge is -2.42. The number of rotatable bonds is 4. The summed E-state index contributed by atoms with van der Waals surface area (Å²) >= 11 is 1.75. The molecular formula is C18H24N2S. The number of nitrogens with zero attached hydrogens (tertiary/aromatic N) is 1. The number of hydrogen-bond acceptors (Lipinski definition) is 3. The fraction of sp³-hybridized carbons (Fsp3) is 0.500. The number of benzene rings is 1. The van der Waals surface area contributed by atoms with Crippen LogP contribution >= 0.6 is 11.3 Å². The van der Waals surface area contributed by atoms with Gasteiger partial charge in [0.25, 0.3) is 0 Å². The molecule has 2 atom stereocenters. The number of thiazole rings is 1. The third-order valence-electron chi connectivity index (χ3n) is 4.71. The summed E-state index contributed by atoms with van der Waals surface area (Å²) in [7, 11) is 0. The highest BCUT2D eigenvalue weighted by molar-refractivity contribution is 7.09. The van der Waals surface area contributed by atoms with Gasteiger partial charge in [0.15, 0.2) is 0 Å². The SMILES string of the molecule is CCC(NC1c2ccccc2CCC1(C)C)c1nccs1. The number of nitrogens with one attached hydrogen (secondary N) is 1. The van der Waals surface area contributed by atoms with Crippen molar-refractivity contribution < 1.29 is 0 Å². The van der Waals surface area contributed by atoms with Crippen LogP contribution in [0.2, 0.25) is 0 Å². The maximum atomic E-state index is 4.51. The molecule has 0 amide bonds. The molecular weight excluding hydrogens is 276 g/mol. The van der Waals surface area contributed by atoms with Gasteiger partial charge < -0.3 is 5.32 Å². The first kappa shape index (κ1) is 14.7. The van der Waals surface area contributed by atoms with E-state index in [1.54, 1.807) is 11.3 Å². The van der Waals surface area contributed by atoms with Crippen LogP contribution < -0.4 is 5.32 Å². The molecule has 1 aromatic carbocycles. The highest BCUT2D eigenvalue weighted by Crippen LogP contribution is 2.44. The molecule has 0 bridgehead atoms. The second kappa shape index (κ2) is 5.90. The van der Waals surface area contributed by atoms with Crippen LogP contribution in [0.15, 0.2) is 35.8 Å². The predicted molar refractivity (Wildman–Crippen MR) is 89.6 cm³/mol. The lowest BCUT2D eigenvalue weighted by Crippen LogP contribution is -2.39. The minimum absolute atomic E-state index is 0.277. The molecule has 0 aliphatic heterocycles. The Kier molecular flexibility index (Phi) is 4.14. The van der Waals surface area contributed by atoms with E-state index in [-0.39, 0.29) is 5.41 Å². The van der Waals surface area contributed by atoms with Crippen LogP contribution in [0.25, 0.3) is 0 Å². The molecule has 21 heavy (non-hydrogen) atoms. The van der Waals surface area contributed by atoms with E-state index in [0.717, 1.165) is 6.42 Å². The molecule has 0 saturated heterocycles. The van der Waals surface area contributed by atoms with Crippen molar-refractivity contribution in [1.29, 1.82) is 0 Å². The zero-order chi connectivity index (χ0) is 14.9. The summed E-state index contributed by atoms with van der Waals surface area (Å²) in [6, 6.07) is 9.65. The van der Waals surface area contributed by atoms with Crippen molar-refractivity contribution in [2.75, 3.05) is 0 Å². The molecule has 1 aromatic heterocycles. The van der Waals surface area contributed by atoms with Gasteiger partial charge >= 0.3 is 0 Å². The third-order valence-corrected chi connectivity index (χ3v) is 5.60. The monoisotopic (exact) mass is 300 g/mol. The molecule has 1 aliphatic carbocycles. The minimum Gasteiger partial charge on any atom is -0.300 e. The standard InChI is InChI=1S/C18H24N2S/c1-4-15(17-19-11-12-21-17)20-16-14-8-6-5-7-13(14)9-10-18(16,2)3/h5-8,11-12,15-16,20H,4,9-10H2,1-3H3. The Labute approximate surface area is 131 Å². The summed E-state index contributed by atoms with van der Waals surface area (Å²) < 4.78 is 0. The predicted octanol–water partition coefficient (Wildman–Crippen LogP) is 4.90.